The molecule has 0 radical (unpaired) electrons. The number of nitrogens with zero attached hydrogens (tertiary/aromatic N) is 2. The van der Waals surface area contributed by atoms with Crippen molar-refractivity contribution in [3.8, 4) is 0 Å². The lowest BCUT2D eigenvalue weighted by Crippen LogP contribution is -2.26. The zero-order chi connectivity index (χ0) is 13.4. The van der Waals surface area contributed by atoms with Crippen LogP contribution in [0.15, 0.2) is 30.3 Å². The van der Waals surface area contributed by atoms with Gasteiger partial charge in [0.05, 0.1) is 7.11 Å². The number of carbonyl (C=O) groups is 2. The lowest BCUT2D eigenvalue weighted by molar-refractivity contribution is -0.139. The van der Waals surface area contributed by atoms with Crippen molar-refractivity contribution >= 4 is 17.5 Å². The smallest absolute Gasteiger partial charge is 0.441 e. The van der Waals surface area contributed by atoms with Crippen LogP contribution in [-0.2, 0) is 20.7 Å². The number of methoxy groups -OCH3 is 1. The maximum atomic E-state index is 11.6. The van der Waals surface area contributed by atoms with Crippen molar-refractivity contribution in [1.29, 1.82) is 0 Å². The van der Waals surface area contributed by atoms with Crippen LogP contribution in [0.5, 0.6) is 0 Å². The third-order valence-corrected chi connectivity index (χ3v) is 2.45. The van der Waals surface area contributed by atoms with Crippen molar-refractivity contribution in [2.24, 2.45) is 0 Å². The summed E-state index contributed by atoms with van der Waals surface area (Å²) >= 11 is 0. The third kappa shape index (κ3) is 3.96. The van der Waals surface area contributed by atoms with Gasteiger partial charge in [-0.1, -0.05) is 30.3 Å². The molecule has 1 rings (SSSR count). The van der Waals surface area contributed by atoms with Crippen LogP contribution in [0, 0.1) is 0 Å². The van der Waals surface area contributed by atoms with Crippen LogP contribution in [-0.4, -0.2) is 29.4 Å². The fourth-order valence-electron chi connectivity index (χ4n) is 1.52. The van der Waals surface area contributed by atoms with Gasteiger partial charge in [0.2, 0.25) is 0 Å². The largest absolute Gasteiger partial charge is 0.460 e. The summed E-state index contributed by atoms with van der Waals surface area (Å²) in [6.07, 6.45) is 1.45. The van der Waals surface area contributed by atoms with Crippen molar-refractivity contribution < 1.29 is 19.1 Å². The minimum absolute atomic E-state index is 0.142. The van der Waals surface area contributed by atoms with Gasteiger partial charge in [0.25, 0.3) is 5.78 Å². The minimum Gasteiger partial charge on any atom is -0.460 e. The second-order valence-electron chi connectivity index (χ2n) is 3.70. The van der Waals surface area contributed by atoms with Crippen LogP contribution < -0.4 is 0 Å². The average Bonchev–Trinajstić information content (AvgIpc) is 2.40. The first-order valence-corrected chi connectivity index (χ1v) is 5.56. The normalized spacial score (nSPS) is 9.39. The molecule has 0 bridgehead atoms. The third-order valence-electron chi connectivity index (χ3n) is 2.45. The first kappa shape index (κ1) is 13.8. The first-order valence-electron chi connectivity index (χ1n) is 5.56. The molecule has 5 nitrogen and oxygen atoms in total. The van der Waals surface area contributed by atoms with E-state index < -0.39 is 17.5 Å². The lowest BCUT2D eigenvalue weighted by Gasteiger charge is -1.99. The van der Waals surface area contributed by atoms with Gasteiger partial charge in [-0.25, -0.2) is 4.79 Å². The number of rotatable bonds is 6. The van der Waals surface area contributed by atoms with Crippen LogP contribution >= 0.6 is 0 Å². The highest BCUT2D eigenvalue weighted by molar-refractivity contribution is 6.62. The topological polar surface area (TPSA) is 79.8 Å². The van der Waals surface area contributed by atoms with Gasteiger partial charge >= 0.3 is 11.7 Å². The number of ether oxygens (including phenoxy) is 1. The summed E-state index contributed by atoms with van der Waals surface area (Å²) < 4.78 is 4.34. The standard InChI is InChI=1S/C13H14N2O3/c1-18-13(17)12(15-14)11(16)9-5-8-10-6-3-2-4-7-10/h2-4,6-7H,5,8-9H2,1H3. The Kier molecular flexibility index (Phi) is 5.48. The van der Waals surface area contributed by atoms with E-state index in [1.165, 1.54) is 0 Å². The van der Waals surface area contributed by atoms with Crippen molar-refractivity contribution in [2.75, 3.05) is 7.11 Å². The summed E-state index contributed by atoms with van der Waals surface area (Å²) in [5.74, 6) is -1.43. The zero-order valence-electron chi connectivity index (χ0n) is 10.1. The van der Waals surface area contributed by atoms with E-state index in [2.05, 4.69) is 9.53 Å². The molecule has 0 saturated heterocycles. The molecular weight excluding hydrogens is 232 g/mol. The Morgan fingerprint density at radius 2 is 1.94 bits per heavy atom. The van der Waals surface area contributed by atoms with E-state index in [-0.39, 0.29) is 6.42 Å². The lowest BCUT2D eigenvalue weighted by atomic mass is 10.0. The highest BCUT2D eigenvalue weighted by Crippen LogP contribution is 2.05. The van der Waals surface area contributed by atoms with Crippen LogP contribution in [0.4, 0.5) is 0 Å². The monoisotopic (exact) mass is 246 g/mol. The second-order valence-corrected chi connectivity index (χ2v) is 3.70. The van der Waals surface area contributed by atoms with Gasteiger partial charge < -0.3 is 10.3 Å². The quantitative estimate of drug-likeness (QED) is 0.250. The van der Waals surface area contributed by atoms with Crippen molar-refractivity contribution in [3.05, 3.63) is 41.4 Å². The molecule has 5 heteroatoms. The summed E-state index contributed by atoms with van der Waals surface area (Å²) in [5, 5.41) is 0. The van der Waals surface area contributed by atoms with E-state index in [9.17, 15) is 9.59 Å². The number of benzene rings is 1. The Morgan fingerprint density at radius 1 is 1.28 bits per heavy atom. The maximum absolute atomic E-state index is 11.6. The molecule has 0 saturated carbocycles. The van der Waals surface area contributed by atoms with E-state index >= 15 is 0 Å². The number of Topliss-reactive ketones (excluding diaryl/α,β-unsaturated/α-hetero) is 1. The maximum Gasteiger partial charge on any atom is 0.441 e. The molecule has 0 atom stereocenters. The Labute approximate surface area is 105 Å². The molecule has 0 aliphatic rings. The fourth-order valence-corrected chi connectivity index (χ4v) is 1.52. The molecule has 0 aliphatic heterocycles. The van der Waals surface area contributed by atoms with Crippen LogP contribution in [0.25, 0.3) is 5.53 Å². The van der Waals surface area contributed by atoms with Crippen molar-refractivity contribution in [3.63, 3.8) is 0 Å². The molecule has 94 valence electrons. The molecule has 0 aromatic heterocycles. The van der Waals surface area contributed by atoms with E-state index in [1.54, 1.807) is 0 Å². The molecule has 0 heterocycles. The summed E-state index contributed by atoms with van der Waals surface area (Å²) in [4.78, 5) is 25.3. The molecule has 0 spiro atoms. The number of carbonyl (C=O) groups excluding carboxylic acids is 2. The second kappa shape index (κ2) is 7.14. The van der Waals surface area contributed by atoms with E-state index in [0.717, 1.165) is 19.1 Å². The molecular formula is C13H14N2O3. The van der Waals surface area contributed by atoms with E-state index in [4.69, 9.17) is 5.53 Å². The molecule has 0 N–H and O–H groups in total. The zero-order valence-corrected chi connectivity index (χ0v) is 10.1. The molecule has 0 amide bonds. The Hall–Kier alpha value is -2.26. The highest BCUT2D eigenvalue weighted by Gasteiger charge is 2.29. The first-order chi connectivity index (χ1) is 8.69. The van der Waals surface area contributed by atoms with E-state index in [0.29, 0.717) is 6.42 Å². The summed E-state index contributed by atoms with van der Waals surface area (Å²) in [5.41, 5.74) is 9.15. The van der Waals surface area contributed by atoms with Crippen LogP contribution in [0.1, 0.15) is 18.4 Å². The van der Waals surface area contributed by atoms with Gasteiger partial charge in [-0.3, -0.25) is 4.79 Å². The summed E-state index contributed by atoms with van der Waals surface area (Å²) in [6.45, 7) is 0. The number of hydrogen-bond acceptors (Lipinski definition) is 3. The molecule has 1 aromatic rings. The van der Waals surface area contributed by atoms with Gasteiger partial charge in [-0.15, -0.1) is 0 Å². The molecule has 1 aromatic carbocycles. The molecule has 0 unspecified atom stereocenters. The molecule has 0 aliphatic carbocycles. The molecule has 0 fully saturated rings. The predicted molar refractivity (Wildman–Crippen MR) is 65.0 cm³/mol. The number of aryl methyl sites for hydroxylation is 1. The van der Waals surface area contributed by atoms with Gasteiger partial charge in [0.1, 0.15) is 0 Å². The van der Waals surface area contributed by atoms with E-state index in [1.807, 2.05) is 30.3 Å². The SMILES string of the molecule is COC(=O)C(=[N+]=[N-])C(=O)CCCc1ccccc1. The Balaban J connectivity index is 2.47. The number of esters is 1. The molecule has 18 heavy (non-hydrogen) atoms. The Morgan fingerprint density at radius 3 is 2.50 bits per heavy atom. The van der Waals surface area contributed by atoms with Gasteiger partial charge in [0.15, 0.2) is 0 Å². The van der Waals surface area contributed by atoms with Gasteiger partial charge in [0, 0.05) is 6.42 Å². The minimum atomic E-state index is -0.915. The van der Waals surface area contributed by atoms with Gasteiger partial charge in [-0.2, -0.15) is 4.79 Å². The van der Waals surface area contributed by atoms with Crippen molar-refractivity contribution in [2.45, 2.75) is 19.3 Å². The summed E-state index contributed by atoms with van der Waals surface area (Å²) in [7, 11) is 1.13. The number of ketones is 1. The van der Waals surface area contributed by atoms with Crippen molar-refractivity contribution in [1.82, 2.24) is 0 Å². The van der Waals surface area contributed by atoms with Crippen LogP contribution in [0.3, 0.4) is 0 Å². The predicted octanol–water partition coefficient (Wildman–Crippen LogP) is 1.42. The number of hydrogen-bond donors (Lipinski definition) is 0. The van der Waals surface area contributed by atoms with Gasteiger partial charge in [-0.05, 0) is 18.4 Å². The van der Waals surface area contributed by atoms with Crippen LogP contribution in [0.2, 0.25) is 0 Å². The highest BCUT2D eigenvalue weighted by atomic mass is 16.5. The summed E-state index contributed by atoms with van der Waals surface area (Å²) in [6, 6.07) is 9.69. The Bertz CT molecular complexity index is 476. The average molecular weight is 246 g/mol. The fraction of sp³-hybridized carbons (Fsp3) is 0.308.